The van der Waals surface area contributed by atoms with Crippen LogP contribution in [0.4, 0.5) is 0 Å². The van der Waals surface area contributed by atoms with Crippen molar-refractivity contribution in [3.05, 3.63) is 53.6 Å². The lowest BCUT2D eigenvalue weighted by atomic mass is 9.82. The standard InChI is InChI=1S/C30H40N2O6/c1-5-7-21(8-6-2)29(33)31(3)15-16-32-18-24(22-11-14-25-26(17-22)38-19-37-25)27(30(34)35)28(32)20-9-12-23(36-4)13-10-20/h9-14,17,21,24,27-28H,5-8,15-16,18-19H2,1-4H3,(H,34,35)/t24-,27+,28-/m1/s1. The number of aliphatic carboxylic acids is 1. The summed E-state index contributed by atoms with van der Waals surface area (Å²) < 4.78 is 16.4. The number of amides is 1. The second-order valence-electron chi connectivity index (χ2n) is 10.3. The third kappa shape index (κ3) is 5.90. The van der Waals surface area contributed by atoms with Gasteiger partial charge in [0.05, 0.1) is 13.0 Å². The van der Waals surface area contributed by atoms with Crippen molar-refractivity contribution in [1.82, 2.24) is 9.80 Å². The molecule has 8 nitrogen and oxygen atoms in total. The average molecular weight is 525 g/mol. The van der Waals surface area contributed by atoms with Crippen molar-refractivity contribution >= 4 is 11.9 Å². The molecule has 0 radical (unpaired) electrons. The fourth-order valence-corrected chi connectivity index (χ4v) is 5.93. The smallest absolute Gasteiger partial charge is 0.309 e. The van der Waals surface area contributed by atoms with Crippen molar-refractivity contribution in [2.75, 3.05) is 40.6 Å². The van der Waals surface area contributed by atoms with Crippen molar-refractivity contribution in [2.45, 2.75) is 51.5 Å². The Kier molecular flexibility index (Phi) is 9.15. The molecule has 0 saturated carbocycles. The zero-order valence-corrected chi connectivity index (χ0v) is 22.9. The lowest BCUT2D eigenvalue weighted by Crippen LogP contribution is -2.39. The number of carbonyl (C=O) groups is 2. The van der Waals surface area contributed by atoms with E-state index >= 15 is 0 Å². The second kappa shape index (κ2) is 12.5. The van der Waals surface area contributed by atoms with E-state index in [4.69, 9.17) is 14.2 Å². The number of carboxylic acids is 1. The van der Waals surface area contributed by atoms with Crippen molar-refractivity contribution in [2.24, 2.45) is 11.8 Å². The molecular formula is C30H40N2O6. The number of ether oxygens (including phenoxy) is 3. The van der Waals surface area contributed by atoms with Gasteiger partial charge >= 0.3 is 5.97 Å². The summed E-state index contributed by atoms with van der Waals surface area (Å²) in [6, 6.07) is 13.0. The number of rotatable bonds is 12. The molecule has 0 spiro atoms. The van der Waals surface area contributed by atoms with Crippen LogP contribution in [0.1, 0.15) is 62.6 Å². The Balaban J connectivity index is 1.61. The summed E-state index contributed by atoms with van der Waals surface area (Å²) in [6.45, 7) is 6.07. The first-order valence-electron chi connectivity index (χ1n) is 13.6. The zero-order chi connectivity index (χ0) is 27.2. The summed E-state index contributed by atoms with van der Waals surface area (Å²) >= 11 is 0. The quantitative estimate of drug-likeness (QED) is 0.421. The van der Waals surface area contributed by atoms with Gasteiger partial charge in [0.2, 0.25) is 12.7 Å². The minimum absolute atomic E-state index is 0.0408. The van der Waals surface area contributed by atoms with E-state index in [0.29, 0.717) is 31.1 Å². The van der Waals surface area contributed by atoms with E-state index in [2.05, 4.69) is 18.7 Å². The summed E-state index contributed by atoms with van der Waals surface area (Å²) in [5, 5.41) is 10.5. The molecule has 4 rings (SSSR count). The lowest BCUT2D eigenvalue weighted by molar-refractivity contribution is -0.143. The Morgan fingerprint density at radius 1 is 1.05 bits per heavy atom. The van der Waals surface area contributed by atoms with Crippen LogP contribution in [0, 0.1) is 11.8 Å². The summed E-state index contributed by atoms with van der Waals surface area (Å²) in [4.78, 5) is 30.0. The molecule has 0 bridgehead atoms. The predicted molar refractivity (Wildman–Crippen MR) is 145 cm³/mol. The minimum Gasteiger partial charge on any atom is -0.497 e. The molecule has 1 saturated heterocycles. The number of likely N-dealkylation sites (N-methyl/N-ethyl adjacent to an activating group) is 1. The highest BCUT2D eigenvalue weighted by atomic mass is 16.7. The van der Waals surface area contributed by atoms with E-state index in [-0.39, 0.29) is 30.6 Å². The van der Waals surface area contributed by atoms with Crippen molar-refractivity contribution < 1.29 is 28.9 Å². The molecule has 2 aliphatic rings. The molecular weight excluding hydrogens is 484 g/mol. The molecule has 1 amide bonds. The summed E-state index contributed by atoms with van der Waals surface area (Å²) in [5.41, 5.74) is 1.84. The number of hydrogen-bond acceptors (Lipinski definition) is 6. The lowest BCUT2D eigenvalue weighted by Gasteiger charge is -2.30. The third-order valence-corrected chi connectivity index (χ3v) is 7.89. The van der Waals surface area contributed by atoms with Gasteiger partial charge < -0.3 is 24.2 Å². The summed E-state index contributed by atoms with van der Waals surface area (Å²) in [7, 11) is 3.48. The van der Waals surface area contributed by atoms with Crippen LogP contribution in [0.25, 0.3) is 0 Å². The molecule has 0 unspecified atom stereocenters. The van der Waals surface area contributed by atoms with Crippen LogP contribution >= 0.6 is 0 Å². The fraction of sp³-hybridized carbons (Fsp3) is 0.533. The minimum atomic E-state index is -0.841. The van der Waals surface area contributed by atoms with Crippen molar-refractivity contribution in [1.29, 1.82) is 0 Å². The Labute approximate surface area is 225 Å². The van der Waals surface area contributed by atoms with Crippen LogP contribution in [0.5, 0.6) is 17.2 Å². The zero-order valence-electron chi connectivity index (χ0n) is 22.9. The molecule has 2 aromatic carbocycles. The number of likely N-dealkylation sites (tertiary alicyclic amines) is 1. The van der Waals surface area contributed by atoms with Gasteiger partial charge in [-0.25, -0.2) is 0 Å². The third-order valence-electron chi connectivity index (χ3n) is 7.89. The van der Waals surface area contributed by atoms with Crippen LogP contribution in [-0.2, 0) is 9.59 Å². The van der Waals surface area contributed by atoms with Gasteiger partial charge in [-0.15, -0.1) is 0 Å². The van der Waals surface area contributed by atoms with Crippen LogP contribution in [0.15, 0.2) is 42.5 Å². The Bertz CT molecular complexity index is 1100. The fourth-order valence-electron chi connectivity index (χ4n) is 5.93. The Morgan fingerprint density at radius 3 is 2.34 bits per heavy atom. The molecule has 2 aromatic rings. The maximum Gasteiger partial charge on any atom is 0.309 e. The van der Waals surface area contributed by atoms with E-state index < -0.39 is 11.9 Å². The number of carbonyl (C=O) groups excluding carboxylic acids is 1. The SMILES string of the molecule is CCCC(CCC)C(=O)N(C)CCN1C[C@H](c2ccc3c(c2)OCO3)[C@H](C(=O)O)[C@H]1c1ccc(OC)cc1. The number of benzene rings is 2. The number of carboxylic acid groups (broad SMARTS) is 1. The topological polar surface area (TPSA) is 88.5 Å². The van der Waals surface area contributed by atoms with Crippen LogP contribution < -0.4 is 14.2 Å². The van der Waals surface area contributed by atoms with Crippen molar-refractivity contribution in [3.63, 3.8) is 0 Å². The first-order valence-corrected chi connectivity index (χ1v) is 13.6. The van der Waals surface area contributed by atoms with Gasteiger partial charge in [0, 0.05) is 44.6 Å². The molecule has 3 atom stereocenters. The van der Waals surface area contributed by atoms with Gasteiger partial charge in [0.25, 0.3) is 0 Å². The predicted octanol–water partition coefficient (Wildman–Crippen LogP) is 4.94. The number of hydrogen-bond donors (Lipinski definition) is 1. The Hall–Kier alpha value is -3.26. The van der Waals surface area contributed by atoms with Gasteiger partial charge in [-0.2, -0.15) is 0 Å². The summed E-state index contributed by atoms with van der Waals surface area (Å²) in [5.74, 6) is 0.508. The Morgan fingerprint density at radius 2 is 1.71 bits per heavy atom. The van der Waals surface area contributed by atoms with E-state index in [0.717, 1.165) is 42.6 Å². The van der Waals surface area contributed by atoms with Gasteiger partial charge in [-0.1, -0.05) is 44.9 Å². The molecule has 0 aromatic heterocycles. The van der Waals surface area contributed by atoms with Crippen LogP contribution in [-0.4, -0.2) is 67.4 Å². The normalized spacial score (nSPS) is 20.6. The van der Waals surface area contributed by atoms with E-state index in [1.54, 1.807) is 7.11 Å². The number of nitrogens with zero attached hydrogens (tertiary/aromatic N) is 2. The molecule has 8 heteroatoms. The highest BCUT2D eigenvalue weighted by Crippen LogP contribution is 2.47. The van der Waals surface area contributed by atoms with Crippen LogP contribution in [0.3, 0.4) is 0 Å². The molecule has 206 valence electrons. The first kappa shape index (κ1) is 27.8. The largest absolute Gasteiger partial charge is 0.497 e. The van der Waals surface area contributed by atoms with Gasteiger partial charge in [-0.3, -0.25) is 14.5 Å². The highest BCUT2D eigenvalue weighted by Gasteiger charge is 2.47. The molecule has 2 heterocycles. The first-order chi connectivity index (χ1) is 18.4. The monoisotopic (exact) mass is 524 g/mol. The highest BCUT2D eigenvalue weighted by molar-refractivity contribution is 5.78. The molecule has 1 N–H and O–H groups in total. The van der Waals surface area contributed by atoms with Gasteiger partial charge in [0.1, 0.15) is 5.75 Å². The maximum atomic E-state index is 13.2. The van der Waals surface area contributed by atoms with Gasteiger partial charge in [-0.05, 0) is 48.2 Å². The maximum absolute atomic E-state index is 13.2. The van der Waals surface area contributed by atoms with Crippen molar-refractivity contribution in [3.8, 4) is 17.2 Å². The van der Waals surface area contributed by atoms with E-state index in [1.807, 2.05) is 54.4 Å². The number of fused-ring (bicyclic) bond motifs is 1. The molecule has 2 aliphatic heterocycles. The molecule has 1 fully saturated rings. The van der Waals surface area contributed by atoms with E-state index in [1.165, 1.54) is 0 Å². The molecule has 38 heavy (non-hydrogen) atoms. The summed E-state index contributed by atoms with van der Waals surface area (Å²) in [6.07, 6.45) is 3.74. The number of methoxy groups -OCH3 is 1. The second-order valence-corrected chi connectivity index (χ2v) is 10.3. The van der Waals surface area contributed by atoms with E-state index in [9.17, 15) is 14.7 Å². The average Bonchev–Trinajstić information content (AvgIpc) is 3.55. The van der Waals surface area contributed by atoms with Gasteiger partial charge in [0.15, 0.2) is 11.5 Å². The van der Waals surface area contributed by atoms with Crippen LogP contribution in [0.2, 0.25) is 0 Å². The molecule has 0 aliphatic carbocycles.